The van der Waals surface area contributed by atoms with Gasteiger partial charge < -0.3 is 15.2 Å². The van der Waals surface area contributed by atoms with Crippen LogP contribution in [0.15, 0.2) is 35.7 Å². The monoisotopic (exact) mass is 329 g/mol. The van der Waals surface area contributed by atoms with Gasteiger partial charge in [-0.25, -0.2) is 4.99 Å². The Morgan fingerprint density at radius 1 is 1.21 bits per heavy atom. The number of hydrogen-bond donors (Lipinski definition) is 3. The Morgan fingerprint density at radius 3 is 2.62 bits per heavy atom. The minimum Gasteiger partial charge on any atom is -0.491 e. The van der Waals surface area contributed by atoms with Crippen LogP contribution in [0.1, 0.15) is 19.4 Å². The third kappa shape index (κ3) is 4.02. The number of benzene rings is 1. The smallest absolute Gasteiger partial charge is 0.275 e. The molecule has 6 nitrogen and oxygen atoms in total. The van der Waals surface area contributed by atoms with Gasteiger partial charge in [-0.1, -0.05) is 0 Å². The van der Waals surface area contributed by atoms with Gasteiger partial charge in [0.2, 0.25) is 0 Å². The average molecular weight is 329 g/mol. The molecule has 0 aliphatic carbocycles. The quantitative estimate of drug-likeness (QED) is 0.415. The van der Waals surface area contributed by atoms with Crippen LogP contribution in [0.25, 0.3) is 10.9 Å². The number of fused-ring (bicyclic) bond motifs is 1. The second-order valence-corrected chi connectivity index (χ2v) is 5.68. The molecular weight excluding hydrogens is 304 g/mol. The lowest BCUT2D eigenvalue weighted by Gasteiger charge is -2.10. The molecule has 0 spiro atoms. The number of nitrogens with two attached hydrogens (primary N) is 2. The minimum atomic E-state index is 0.501. The van der Waals surface area contributed by atoms with E-state index in [2.05, 4.69) is 9.98 Å². The second-order valence-electron chi connectivity index (χ2n) is 5.68. The normalized spacial score (nSPS) is 13.1. The number of hydrogen-bond acceptors (Lipinski definition) is 4. The number of nitrogens with zero attached hydrogens (tertiary/aromatic N) is 1. The summed E-state index contributed by atoms with van der Waals surface area (Å²) in [4.78, 5) is 7.64. The first-order valence-electron chi connectivity index (χ1n) is 7.78. The first-order valence-corrected chi connectivity index (χ1v) is 7.78. The highest BCUT2D eigenvalue weighted by atomic mass is 16.5. The van der Waals surface area contributed by atoms with Gasteiger partial charge in [-0.3, -0.25) is 10.7 Å². The number of allylic oxidation sites excluding steroid dienone is 1. The molecule has 0 amide bonds. The molecule has 24 heavy (non-hydrogen) atoms. The predicted octanol–water partition coefficient (Wildman–Crippen LogP) is 0.890. The van der Waals surface area contributed by atoms with E-state index >= 15 is 0 Å². The van der Waals surface area contributed by atoms with Crippen LogP contribution in [0.4, 0.5) is 5.69 Å². The summed E-state index contributed by atoms with van der Waals surface area (Å²) in [5.41, 5.74) is 16.2. The van der Waals surface area contributed by atoms with Crippen molar-refractivity contribution in [2.24, 2.45) is 11.5 Å². The third-order valence-electron chi connectivity index (χ3n) is 3.85. The van der Waals surface area contributed by atoms with Crippen molar-refractivity contribution >= 4 is 22.4 Å². The molecule has 0 unspecified atom stereocenters. The number of ether oxygens (including phenoxy) is 2. The zero-order chi connectivity index (χ0) is 17.7. The van der Waals surface area contributed by atoms with Crippen molar-refractivity contribution in [3.05, 3.63) is 41.2 Å². The number of aryl methyl sites for hydroxylation is 1. The van der Waals surface area contributed by atoms with Crippen molar-refractivity contribution in [3.8, 4) is 5.75 Å². The van der Waals surface area contributed by atoms with E-state index in [0.717, 1.165) is 33.5 Å². The largest absolute Gasteiger partial charge is 0.491 e. The molecule has 1 aromatic carbocycles. The zero-order valence-corrected chi connectivity index (χ0v) is 14.6. The Labute approximate surface area is 142 Å². The van der Waals surface area contributed by atoms with Crippen molar-refractivity contribution in [3.63, 3.8) is 0 Å². The number of methoxy groups -OCH3 is 1. The number of rotatable bonds is 6. The van der Waals surface area contributed by atoms with E-state index in [0.29, 0.717) is 24.7 Å². The van der Waals surface area contributed by atoms with Crippen LogP contribution in [0.5, 0.6) is 5.75 Å². The van der Waals surface area contributed by atoms with Gasteiger partial charge in [-0.15, -0.1) is 0 Å². The number of amidine groups is 1. The highest BCUT2D eigenvalue weighted by Crippen LogP contribution is 2.27. The lowest BCUT2D eigenvalue weighted by Crippen LogP contribution is -2.69. The van der Waals surface area contributed by atoms with Crippen molar-refractivity contribution < 1.29 is 14.5 Å². The molecule has 0 radical (unpaired) electrons. The SMILES string of the molecule is COCCOc1cc2nccc([NH+]=C(N)C(C)=C(C)N)c2cc1C. The van der Waals surface area contributed by atoms with Crippen LogP contribution < -0.4 is 21.2 Å². The van der Waals surface area contributed by atoms with Gasteiger partial charge >= 0.3 is 0 Å². The molecule has 0 atom stereocenters. The van der Waals surface area contributed by atoms with Crippen molar-refractivity contribution in [1.29, 1.82) is 0 Å². The molecule has 0 aliphatic heterocycles. The Hall–Kier alpha value is -2.60. The first-order chi connectivity index (χ1) is 11.4. The standard InChI is InChI=1S/C18H24N4O2/c1-11-9-14-15(22-18(20)12(2)13(3)19)5-6-21-16(14)10-17(11)24-8-7-23-4/h5-6,9-10H,7-8,19H2,1-4H3,(H2,20,21,22)/p+1. The van der Waals surface area contributed by atoms with E-state index in [-0.39, 0.29) is 0 Å². The molecule has 1 aromatic heterocycles. The predicted molar refractivity (Wildman–Crippen MR) is 96.2 cm³/mol. The fourth-order valence-electron chi connectivity index (χ4n) is 2.23. The van der Waals surface area contributed by atoms with Gasteiger partial charge in [0.15, 0.2) is 0 Å². The minimum absolute atomic E-state index is 0.501. The van der Waals surface area contributed by atoms with E-state index in [1.165, 1.54) is 0 Å². The summed E-state index contributed by atoms with van der Waals surface area (Å²) in [5.74, 6) is 1.33. The van der Waals surface area contributed by atoms with Gasteiger partial charge in [0.05, 0.1) is 17.7 Å². The maximum atomic E-state index is 6.10. The highest BCUT2D eigenvalue weighted by Gasteiger charge is 2.11. The van der Waals surface area contributed by atoms with Crippen LogP contribution in [-0.4, -0.2) is 31.1 Å². The Kier molecular flexibility index (Phi) is 5.76. The molecule has 0 aliphatic rings. The molecule has 128 valence electrons. The van der Waals surface area contributed by atoms with Gasteiger partial charge in [-0.05, 0) is 32.4 Å². The van der Waals surface area contributed by atoms with Gasteiger partial charge in [0.25, 0.3) is 5.84 Å². The molecule has 5 N–H and O–H groups in total. The molecular formula is C18H25N4O2+. The van der Waals surface area contributed by atoms with Crippen LogP contribution in [0.3, 0.4) is 0 Å². The summed E-state index contributed by atoms with van der Waals surface area (Å²) in [6.07, 6.45) is 1.74. The zero-order valence-electron chi connectivity index (χ0n) is 14.6. The van der Waals surface area contributed by atoms with Crippen LogP contribution in [0, 0.1) is 6.92 Å². The van der Waals surface area contributed by atoms with E-state index in [1.54, 1.807) is 13.3 Å². The average Bonchev–Trinajstić information content (AvgIpc) is 2.55. The van der Waals surface area contributed by atoms with Crippen LogP contribution >= 0.6 is 0 Å². The van der Waals surface area contributed by atoms with Crippen LogP contribution in [-0.2, 0) is 4.74 Å². The van der Waals surface area contributed by atoms with E-state index < -0.39 is 0 Å². The maximum Gasteiger partial charge on any atom is 0.275 e. The summed E-state index contributed by atoms with van der Waals surface area (Å²) in [6, 6.07) is 5.85. The topological polar surface area (TPSA) is 97.4 Å². The number of pyridine rings is 1. The van der Waals surface area contributed by atoms with Crippen LogP contribution in [0.2, 0.25) is 0 Å². The lowest BCUT2D eigenvalue weighted by molar-refractivity contribution is -0.352. The summed E-state index contributed by atoms with van der Waals surface area (Å²) in [6.45, 7) is 6.75. The first kappa shape index (κ1) is 17.7. The number of aromatic nitrogens is 1. The third-order valence-corrected chi connectivity index (χ3v) is 3.85. The van der Waals surface area contributed by atoms with E-state index in [4.69, 9.17) is 20.9 Å². The Morgan fingerprint density at radius 2 is 1.96 bits per heavy atom. The summed E-state index contributed by atoms with van der Waals surface area (Å²) >= 11 is 0. The fraction of sp³-hybridized carbons (Fsp3) is 0.333. The van der Waals surface area contributed by atoms with Crippen molar-refractivity contribution in [2.45, 2.75) is 20.8 Å². The van der Waals surface area contributed by atoms with Crippen molar-refractivity contribution in [2.75, 3.05) is 20.3 Å². The maximum absolute atomic E-state index is 6.10. The Balaban J connectivity index is 2.45. The summed E-state index contributed by atoms with van der Waals surface area (Å²) in [5, 5.41) is 0.972. The van der Waals surface area contributed by atoms with E-state index in [9.17, 15) is 0 Å². The summed E-state index contributed by atoms with van der Waals surface area (Å²) < 4.78 is 10.8. The van der Waals surface area contributed by atoms with Gasteiger partial charge in [0.1, 0.15) is 18.0 Å². The lowest BCUT2D eigenvalue weighted by atomic mass is 10.1. The second kappa shape index (κ2) is 7.79. The van der Waals surface area contributed by atoms with Crippen molar-refractivity contribution in [1.82, 2.24) is 4.98 Å². The highest BCUT2D eigenvalue weighted by molar-refractivity contribution is 5.95. The van der Waals surface area contributed by atoms with E-state index in [1.807, 2.05) is 39.0 Å². The number of nitrogens with one attached hydrogen (secondary N) is 1. The molecule has 2 rings (SSSR count). The molecule has 0 bridgehead atoms. The fourth-order valence-corrected chi connectivity index (χ4v) is 2.23. The molecule has 0 fully saturated rings. The molecule has 2 aromatic rings. The summed E-state index contributed by atoms with van der Waals surface area (Å²) in [7, 11) is 1.65. The molecule has 0 saturated carbocycles. The molecule has 1 heterocycles. The molecule has 6 heteroatoms. The molecule has 0 saturated heterocycles. The van der Waals surface area contributed by atoms with Gasteiger partial charge in [0, 0.05) is 36.5 Å². The Bertz CT molecular complexity index is 793. The van der Waals surface area contributed by atoms with Gasteiger partial charge in [-0.2, -0.15) is 0 Å².